The molecular weight excluding hydrogens is 227 g/mol. The molecule has 100 valence electrons. The first-order chi connectivity index (χ1) is 8.50. The molecule has 1 aliphatic rings. The van der Waals surface area contributed by atoms with E-state index < -0.39 is 0 Å². The van der Waals surface area contributed by atoms with Gasteiger partial charge in [0.2, 0.25) is 0 Å². The standard InChI is InChI=1S/C16H23FO/c1-16(2,13-7-9-14(17)10-8-13)15(18)11-12-5-3-4-6-12/h7-10,12,15,18H,3-6,11H2,1-2H3. The highest BCUT2D eigenvalue weighted by molar-refractivity contribution is 5.25. The Hall–Kier alpha value is -0.890. The second-order valence-electron chi connectivity index (χ2n) is 6.13. The molecule has 1 fully saturated rings. The smallest absolute Gasteiger partial charge is 0.123 e. The Morgan fingerprint density at radius 3 is 2.33 bits per heavy atom. The molecule has 0 spiro atoms. The summed E-state index contributed by atoms with van der Waals surface area (Å²) in [5.74, 6) is 0.444. The van der Waals surface area contributed by atoms with Crippen molar-refractivity contribution in [1.82, 2.24) is 0 Å². The van der Waals surface area contributed by atoms with Crippen LogP contribution in [0, 0.1) is 11.7 Å². The number of hydrogen-bond donors (Lipinski definition) is 1. The van der Waals surface area contributed by atoms with E-state index in [0.717, 1.165) is 12.0 Å². The highest BCUT2D eigenvalue weighted by Gasteiger charge is 2.32. The summed E-state index contributed by atoms with van der Waals surface area (Å²) in [5, 5.41) is 10.5. The quantitative estimate of drug-likeness (QED) is 0.855. The first-order valence-electron chi connectivity index (χ1n) is 6.94. The fraction of sp³-hybridized carbons (Fsp3) is 0.625. The number of hydrogen-bond acceptors (Lipinski definition) is 1. The second-order valence-corrected chi connectivity index (χ2v) is 6.13. The number of aliphatic hydroxyl groups excluding tert-OH is 1. The lowest BCUT2D eigenvalue weighted by atomic mass is 9.76. The largest absolute Gasteiger partial charge is 0.392 e. The van der Waals surface area contributed by atoms with Gasteiger partial charge in [-0.15, -0.1) is 0 Å². The summed E-state index contributed by atoms with van der Waals surface area (Å²) in [6, 6.07) is 6.51. The third-order valence-electron chi connectivity index (χ3n) is 4.45. The lowest BCUT2D eigenvalue weighted by molar-refractivity contribution is 0.0750. The molecule has 2 heteroatoms. The molecule has 1 atom stereocenters. The van der Waals surface area contributed by atoms with Gasteiger partial charge in [0.15, 0.2) is 0 Å². The molecule has 0 aliphatic heterocycles. The summed E-state index contributed by atoms with van der Waals surface area (Å²) in [7, 11) is 0. The van der Waals surface area contributed by atoms with Crippen molar-refractivity contribution in [1.29, 1.82) is 0 Å². The summed E-state index contributed by atoms with van der Waals surface area (Å²) >= 11 is 0. The van der Waals surface area contributed by atoms with Crippen LogP contribution in [0.5, 0.6) is 0 Å². The van der Waals surface area contributed by atoms with Crippen molar-refractivity contribution in [3.63, 3.8) is 0 Å². The van der Waals surface area contributed by atoms with Gasteiger partial charge in [-0.25, -0.2) is 4.39 Å². The summed E-state index contributed by atoms with van der Waals surface area (Å²) in [6.07, 6.45) is 5.60. The lowest BCUT2D eigenvalue weighted by Gasteiger charge is -2.32. The first kappa shape index (κ1) is 13.5. The van der Waals surface area contributed by atoms with Crippen molar-refractivity contribution in [3.05, 3.63) is 35.6 Å². The molecule has 1 N–H and O–H groups in total. The van der Waals surface area contributed by atoms with Crippen LogP contribution in [0.4, 0.5) is 4.39 Å². The van der Waals surface area contributed by atoms with Gasteiger partial charge in [0, 0.05) is 5.41 Å². The van der Waals surface area contributed by atoms with Crippen LogP contribution >= 0.6 is 0 Å². The maximum atomic E-state index is 12.9. The van der Waals surface area contributed by atoms with Gasteiger partial charge in [-0.05, 0) is 30.0 Å². The second kappa shape index (κ2) is 5.40. The molecule has 1 aliphatic carbocycles. The van der Waals surface area contributed by atoms with E-state index in [1.807, 2.05) is 13.8 Å². The van der Waals surface area contributed by atoms with Crippen LogP contribution < -0.4 is 0 Å². The molecule has 0 aromatic heterocycles. The van der Waals surface area contributed by atoms with Crippen LogP contribution in [-0.2, 0) is 5.41 Å². The van der Waals surface area contributed by atoms with E-state index in [4.69, 9.17) is 0 Å². The molecule has 0 heterocycles. The molecule has 1 saturated carbocycles. The molecule has 0 amide bonds. The van der Waals surface area contributed by atoms with Gasteiger partial charge in [-0.1, -0.05) is 51.7 Å². The Bertz CT molecular complexity index is 377. The van der Waals surface area contributed by atoms with Crippen molar-refractivity contribution >= 4 is 0 Å². The predicted octanol–water partition coefficient (Wildman–Crippen LogP) is 4.04. The lowest BCUT2D eigenvalue weighted by Crippen LogP contribution is -2.35. The Balaban J connectivity index is 2.06. The normalized spacial score (nSPS) is 19.1. The maximum Gasteiger partial charge on any atom is 0.123 e. The van der Waals surface area contributed by atoms with Crippen LogP contribution in [0.2, 0.25) is 0 Å². The van der Waals surface area contributed by atoms with Gasteiger partial charge in [0.25, 0.3) is 0 Å². The third kappa shape index (κ3) is 2.92. The van der Waals surface area contributed by atoms with Gasteiger partial charge in [0.1, 0.15) is 5.82 Å². The number of halogens is 1. The molecule has 0 radical (unpaired) electrons. The average molecular weight is 250 g/mol. The zero-order valence-corrected chi connectivity index (χ0v) is 11.3. The molecule has 1 nitrogen and oxygen atoms in total. The molecule has 0 bridgehead atoms. The van der Waals surface area contributed by atoms with Gasteiger partial charge < -0.3 is 5.11 Å². The van der Waals surface area contributed by atoms with Gasteiger partial charge in [-0.3, -0.25) is 0 Å². The maximum absolute atomic E-state index is 12.9. The Kier molecular flexibility index (Phi) is 4.06. The van der Waals surface area contributed by atoms with Crippen LogP contribution in [0.25, 0.3) is 0 Å². The minimum absolute atomic E-state index is 0.222. The van der Waals surface area contributed by atoms with E-state index in [0.29, 0.717) is 5.92 Å². The Morgan fingerprint density at radius 2 is 1.78 bits per heavy atom. The highest BCUT2D eigenvalue weighted by atomic mass is 19.1. The molecule has 1 unspecified atom stereocenters. The Labute approximate surface area is 109 Å². The minimum atomic E-state index is -0.355. The van der Waals surface area contributed by atoms with E-state index in [9.17, 15) is 9.50 Å². The molecule has 18 heavy (non-hydrogen) atoms. The van der Waals surface area contributed by atoms with Gasteiger partial charge in [0.05, 0.1) is 6.10 Å². The third-order valence-corrected chi connectivity index (χ3v) is 4.45. The molecule has 1 aromatic carbocycles. The highest BCUT2D eigenvalue weighted by Crippen LogP contribution is 2.35. The molecular formula is C16H23FO. The predicted molar refractivity (Wildman–Crippen MR) is 72.0 cm³/mol. The monoisotopic (exact) mass is 250 g/mol. The summed E-state index contributed by atoms with van der Waals surface area (Å²) in [6.45, 7) is 4.08. The molecule has 2 rings (SSSR count). The summed E-state index contributed by atoms with van der Waals surface area (Å²) in [5.41, 5.74) is 0.699. The van der Waals surface area contributed by atoms with Gasteiger partial charge >= 0.3 is 0 Å². The van der Waals surface area contributed by atoms with Crippen molar-refractivity contribution in [2.24, 2.45) is 5.92 Å². The van der Waals surface area contributed by atoms with Crippen LogP contribution in [0.15, 0.2) is 24.3 Å². The molecule has 1 aromatic rings. The SMILES string of the molecule is CC(C)(c1ccc(F)cc1)C(O)CC1CCCC1. The fourth-order valence-electron chi connectivity index (χ4n) is 2.93. The number of benzene rings is 1. The van der Waals surface area contributed by atoms with Crippen molar-refractivity contribution in [2.45, 2.75) is 57.5 Å². The van der Waals surface area contributed by atoms with Crippen molar-refractivity contribution < 1.29 is 9.50 Å². The van der Waals surface area contributed by atoms with Crippen molar-refractivity contribution in [3.8, 4) is 0 Å². The minimum Gasteiger partial charge on any atom is -0.392 e. The summed E-state index contributed by atoms with van der Waals surface area (Å²) in [4.78, 5) is 0. The van der Waals surface area contributed by atoms with E-state index in [-0.39, 0.29) is 17.3 Å². The van der Waals surface area contributed by atoms with E-state index >= 15 is 0 Å². The van der Waals surface area contributed by atoms with Crippen LogP contribution in [0.1, 0.15) is 51.5 Å². The average Bonchev–Trinajstić information content (AvgIpc) is 2.82. The van der Waals surface area contributed by atoms with Crippen LogP contribution in [-0.4, -0.2) is 11.2 Å². The Morgan fingerprint density at radius 1 is 1.22 bits per heavy atom. The topological polar surface area (TPSA) is 20.2 Å². The number of rotatable bonds is 4. The zero-order chi connectivity index (χ0) is 13.2. The van der Waals surface area contributed by atoms with E-state index in [2.05, 4.69) is 0 Å². The number of aliphatic hydroxyl groups is 1. The van der Waals surface area contributed by atoms with Crippen LogP contribution in [0.3, 0.4) is 0 Å². The zero-order valence-electron chi connectivity index (χ0n) is 11.3. The molecule has 0 saturated heterocycles. The fourth-order valence-corrected chi connectivity index (χ4v) is 2.93. The van der Waals surface area contributed by atoms with E-state index in [1.165, 1.54) is 37.8 Å². The first-order valence-corrected chi connectivity index (χ1v) is 6.94. The summed E-state index contributed by atoms with van der Waals surface area (Å²) < 4.78 is 12.9. The van der Waals surface area contributed by atoms with Gasteiger partial charge in [-0.2, -0.15) is 0 Å². The van der Waals surface area contributed by atoms with Crippen molar-refractivity contribution in [2.75, 3.05) is 0 Å². The van der Waals surface area contributed by atoms with E-state index in [1.54, 1.807) is 12.1 Å².